The summed E-state index contributed by atoms with van der Waals surface area (Å²) < 4.78 is 5.67. The smallest absolute Gasteiger partial charge is 0.0648 e. The summed E-state index contributed by atoms with van der Waals surface area (Å²) in [5, 5.41) is 3.62. The van der Waals surface area contributed by atoms with Crippen molar-refractivity contribution >= 4 is 0 Å². The zero-order chi connectivity index (χ0) is 13.3. The minimum atomic E-state index is 0.191. The first-order valence-corrected chi connectivity index (χ1v) is 7.32. The molecule has 0 aliphatic carbocycles. The highest BCUT2D eigenvalue weighted by Crippen LogP contribution is 2.35. The molecule has 3 rings (SSSR count). The van der Waals surface area contributed by atoms with Gasteiger partial charge < -0.3 is 10.1 Å². The molecule has 3 atom stereocenters. The Morgan fingerprint density at radius 1 is 1.32 bits per heavy atom. The largest absolute Gasteiger partial charge is 0.379 e. The maximum absolute atomic E-state index is 5.67. The van der Waals surface area contributed by atoms with E-state index in [0.717, 1.165) is 32.7 Å². The molecule has 0 bridgehead atoms. The van der Waals surface area contributed by atoms with Crippen LogP contribution in [0, 0.1) is 0 Å². The molecular weight excluding hydrogens is 236 g/mol. The van der Waals surface area contributed by atoms with Gasteiger partial charge in [0, 0.05) is 37.3 Å². The van der Waals surface area contributed by atoms with Crippen molar-refractivity contribution in [3.05, 3.63) is 35.9 Å². The number of nitrogens with zero attached hydrogens (tertiary/aromatic N) is 1. The zero-order valence-electron chi connectivity index (χ0n) is 11.9. The van der Waals surface area contributed by atoms with E-state index in [-0.39, 0.29) is 5.54 Å². The Morgan fingerprint density at radius 3 is 2.79 bits per heavy atom. The summed E-state index contributed by atoms with van der Waals surface area (Å²) in [6.45, 7) is 8.51. The third-order valence-electron chi connectivity index (χ3n) is 4.58. The topological polar surface area (TPSA) is 24.5 Å². The predicted molar refractivity (Wildman–Crippen MR) is 77.2 cm³/mol. The normalized spacial score (nSPS) is 36.5. The van der Waals surface area contributed by atoms with Gasteiger partial charge in [0.1, 0.15) is 0 Å². The third-order valence-corrected chi connectivity index (χ3v) is 4.58. The Hall–Kier alpha value is -0.900. The molecule has 0 radical (unpaired) electrons. The van der Waals surface area contributed by atoms with E-state index in [1.807, 2.05) is 0 Å². The van der Waals surface area contributed by atoms with Crippen LogP contribution in [0.1, 0.15) is 31.9 Å². The summed E-state index contributed by atoms with van der Waals surface area (Å²) in [6.07, 6.45) is 1.14. The fraction of sp³-hybridized carbons (Fsp3) is 0.625. The van der Waals surface area contributed by atoms with Gasteiger partial charge in [-0.15, -0.1) is 0 Å². The van der Waals surface area contributed by atoms with Gasteiger partial charge in [0.15, 0.2) is 0 Å². The SMILES string of the molecule is CC1CN(C2(C)CCOC2)C(c2ccccc2)CN1. The van der Waals surface area contributed by atoms with Crippen molar-refractivity contribution in [1.82, 2.24) is 10.2 Å². The summed E-state index contributed by atoms with van der Waals surface area (Å²) >= 11 is 0. The fourth-order valence-electron chi connectivity index (χ4n) is 3.36. The Balaban J connectivity index is 1.88. The van der Waals surface area contributed by atoms with Crippen molar-refractivity contribution in [1.29, 1.82) is 0 Å². The zero-order valence-corrected chi connectivity index (χ0v) is 11.9. The first kappa shape index (κ1) is 13.1. The maximum Gasteiger partial charge on any atom is 0.0648 e. The van der Waals surface area contributed by atoms with E-state index >= 15 is 0 Å². The second kappa shape index (κ2) is 5.23. The summed E-state index contributed by atoms with van der Waals surface area (Å²) in [5.41, 5.74) is 1.60. The molecule has 1 aromatic rings. The first-order valence-electron chi connectivity index (χ1n) is 7.32. The standard InChI is InChI=1S/C16H24N2O/c1-13-11-18(16(2)8-9-19-12-16)15(10-17-13)14-6-4-3-5-7-14/h3-7,13,15,17H,8-12H2,1-2H3. The molecule has 2 aliphatic heterocycles. The average molecular weight is 260 g/mol. The number of rotatable bonds is 2. The molecule has 0 spiro atoms. The van der Waals surface area contributed by atoms with Crippen LogP contribution in [-0.2, 0) is 4.74 Å². The summed E-state index contributed by atoms with van der Waals surface area (Å²) in [7, 11) is 0. The molecular formula is C16H24N2O. The van der Waals surface area contributed by atoms with Crippen LogP contribution in [0.25, 0.3) is 0 Å². The van der Waals surface area contributed by atoms with Gasteiger partial charge in [0.25, 0.3) is 0 Å². The van der Waals surface area contributed by atoms with Crippen LogP contribution in [0.5, 0.6) is 0 Å². The highest BCUT2D eigenvalue weighted by Gasteiger charge is 2.42. The summed E-state index contributed by atoms with van der Waals surface area (Å²) in [4.78, 5) is 2.66. The Bertz CT molecular complexity index is 414. The Morgan fingerprint density at radius 2 is 2.11 bits per heavy atom. The molecule has 104 valence electrons. The molecule has 2 saturated heterocycles. The molecule has 0 saturated carbocycles. The second-order valence-corrected chi connectivity index (χ2v) is 6.19. The molecule has 0 aromatic heterocycles. The molecule has 2 aliphatic rings. The van der Waals surface area contributed by atoms with Crippen molar-refractivity contribution in [2.45, 2.75) is 37.9 Å². The quantitative estimate of drug-likeness (QED) is 0.882. The van der Waals surface area contributed by atoms with Crippen LogP contribution >= 0.6 is 0 Å². The number of nitrogens with one attached hydrogen (secondary N) is 1. The molecule has 2 fully saturated rings. The van der Waals surface area contributed by atoms with Gasteiger partial charge in [-0.25, -0.2) is 0 Å². The van der Waals surface area contributed by atoms with E-state index in [0.29, 0.717) is 12.1 Å². The van der Waals surface area contributed by atoms with E-state index in [9.17, 15) is 0 Å². The fourth-order valence-corrected chi connectivity index (χ4v) is 3.36. The van der Waals surface area contributed by atoms with Crippen molar-refractivity contribution in [3.63, 3.8) is 0 Å². The van der Waals surface area contributed by atoms with Crippen LogP contribution in [0.15, 0.2) is 30.3 Å². The van der Waals surface area contributed by atoms with Crippen molar-refractivity contribution in [3.8, 4) is 0 Å². The van der Waals surface area contributed by atoms with Crippen LogP contribution in [-0.4, -0.2) is 42.8 Å². The predicted octanol–water partition coefficient (Wildman–Crippen LogP) is 2.20. The van der Waals surface area contributed by atoms with Crippen molar-refractivity contribution < 1.29 is 4.74 Å². The Labute approximate surface area is 115 Å². The Kier molecular flexibility index (Phi) is 3.61. The van der Waals surface area contributed by atoms with Gasteiger partial charge in [-0.1, -0.05) is 30.3 Å². The van der Waals surface area contributed by atoms with Crippen molar-refractivity contribution in [2.75, 3.05) is 26.3 Å². The van der Waals surface area contributed by atoms with Gasteiger partial charge >= 0.3 is 0 Å². The molecule has 1 aromatic carbocycles. The molecule has 3 unspecified atom stereocenters. The average Bonchev–Trinajstić information content (AvgIpc) is 2.88. The highest BCUT2D eigenvalue weighted by atomic mass is 16.5. The summed E-state index contributed by atoms with van der Waals surface area (Å²) in [5.74, 6) is 0. The molecule has 1 N–H and O–H groups in total. The van der Waals surface area contributed by atoms with Crippen molar-refractivity contribution in [2.24, 2.45) is 0 Å². The monoisotopic (exact) mass is 260 g/mol. The van der Waals surface area contributed by atoms with Gasteiger partial charge in [0.05, 0.1) is 6.61 Å². The minimum Gasteiger partial charge on any atom is -0.379 e. The second-order valence-electron chi connectivity index (χ2n) is 6.19. The van der Waals surface area contributed by atoms with E-state index < -0.39 is 0 Å². The molecule has 3 heteroatoms. The van der Waals surface area contributed by atoms with E-state index in [4.69, 9.17) is 4.74 Å². The number of hydrogen-bond acceptors (Lipinski definition) is 3. The lowest BCUT2D eigenvalue weighted by molar-refractivity contribution is 0.0136. The lowest BCUT2D eigenvalue weighted by Gasteiger charge is -2.48. The van der Waals surface area contributed by atoms with Gasteiger partial charge in [0.2, 0.25) is 0 Å². The van der Waals surface area contributed by atoms with Crippen LogP contribution in [0.3, 0.4) is 0 Å². The number of benzene rings is 1. The molecule has 2 heterocycles. The van der Waals surface area contributed by atoms with E-state index in [1.165, 1.54) is 5.56 Å². The number of hydrogen-bond donors (Lipinski definition) is 1. The van der Waals surface area contributed by atoms with E-state index in [2.05, 4.69) is 54.4 Å². The third kappa shape index (κ3) is 2.55. The van der Waals surface area contributed by atoms with Gasteiger partial charge in [-0.3, -0.25) is 4.90 Å². The molecule has 3 nitrogen and oxygen atoms in total. The molecule has 19 heavy (non-hydrogen) atoms. The van der Waals surface area contributed by atoms with Gasteiger partial charge in [-0.2, -0.15) is 0 Å². The van der Waals surface area contributed by atoms with Crippen LogP contribution in [0.4, 0.5) is 0 Å². The maximum atomic E-state index is 5.67. The minimum absolute atomic E-state index is 0.191. The first-order chi connectivity index (χ1) is 9.19. The number of ether oxygens (including phenoxy) is 1. The highest BCUT2D eigenvalue weighted by molar-refractivity contribution is 5.21. The van der Waals surface area contributed by atoms with Gasteiger partial charge in [-0.05, 0) is 25.8 Å². The van der Waals surface area contributed by atoms with E-state index in [1.54, 1.807) is 0 Å². The lowest BCUT2D eigenvalue weighted by atomic mass is 9.91. The molecule has 0 amide bonds. The summed E-state index contributed by atoms with van der Waals surface area (Å²) in [6, 6.07) is 11.9. The number of piperazine rings is 1. The van der Waals surface area contributed by atoms with Crippen LogP contribution in [0.2, 0.25) is 0 Å². The lowest BCUT2D eigenvalue weighted by Crippen LogP contribution is -2.59. The van der Waals surface area contributed by atoms with Crippen LogP contribution < -0.4 is 5.32 Å².